The molecule has 1 aromatic heterocycles. The van der Waals surface area contributed by atoms with E-state index in [4.69, 9.17) is 4.74 Å². The third-order valence-corrected chi connectivity index (χ3v) is 3.00. The average Bonchev–Trinajstić information content (AvgIpc) is 2.71. The monoisotopic (exact) mass is 232 g/mol. The molecule has 3 heteroatoms. The van der Waals surface area contributed by atoms with Gasteiger partial charge in [0.05, 0.1) is 6.61 Å². The fourth-order valence-electron chi connectivity index (χ4n) is 2.15. The zero-order valence-electron chi connectivity index (χ0n) is 10.8. The van der Waals surface area contributed by atoms with Crippen molar-refractivity contribution in [2.24, 2.45) is 0 Å². The predicted octanol–water partition coefficient (Wildman–Crippen LogP) is 2.42. The zero-order chi connectivity index (χ0) is 12.3. The first-order valence-electron chi connectivity index (χ1n) is 5.94. The first-order chi connectivity index (χ1) is 8.22. The molecule has 0 unspecified atom stereocenters. The van der Waals surface area contributed by atoms with E-state index in [0.29, 0.717) is 6.61 Å². The molecular formula is C14H20N2O. The van der Waals surface area contributed by atoms with Gasteiger partial charge in [-0.25, -0.2) is 0 Å². The fraction of sp³-hybridized carbons (Fsp3) is 0.429. The lowest BCUT2D eigenvalue weighted by Gasteiger charge is -2.09. The van der Waals surface area contributed by atoms with E-state index in [1.54, 1.807) is 7.11 Å². The molecule has 0 saturated carbocycles. The van der Waals surface area contributed by atoms with Crippen LogP contribution >= 0.6 is 0 Å². The maximum absolute atomic E-state index is 5.26. The molecule has 1 N–H and O–H groups in total. The van der Waals surface area contributed by atoms with Gasteiger partial charge in [0.2, 0.25) is 0 Å². The Morgan fingerprint density at radius 2 is 2.06 bits per heavy atom. The molecule has 2 rings (SSSR count). The van der Waals surface area contributed by atoms with Crippen molar-refractivity contribution in [2.45, 2.75) is 13.0 Å². The summed E-state index contributed by atoms with van der Waals surface area (Å²) in [4.78, 5) is 5.54. The summed E-state index contributed by atoms with van der Waals surface area (Å²) in [5.74, 6) is 0. The summed E-state index contributed by atoms with van der Waals surface area (Å²) in [6, 6.07) is 6.33. The Hall–Kier alpha value is -1.32. The quantitative estimate of drug-likeness (QED) is 0.857. The number of nitrogens with one attached hydrogen (secondary N) is 1. The third-order valence-electron chi connectivity index (χ3n) is 3.00. The Labute approximate surface area is 102 Å². The molecule has 3 nitrogen and oxygen atoms in total. The number of methoxy groups -OCH3 is 1. The molecule has 0 saturated heterocycles. The summed E-state index contributed by atoms with van der Waals surface area (Å²) in [7, 11) is 5.95. The number of rotatable bonds is 5. The second-order valence-electron chi connectivity index (χ2n) is 4.64. The molecule has 92 valence electrons. The standard InChI is InChI=1S/C14H20N2O/c1-16(2)8-7-11-9-15-13-6-4-5-12(10-17-3)14(11)13/h4-6,9,15H,7-8,10H2,1-3H3. The van der Waals surface area contributed by atoms with Crippen molar-refractivity contribution in [1.82, 2.24) is 9.88 Å². The van der Waals surface area contributed by atoms with Gasteiger partial charge in [-0.1, -0.05) is 12.1 Å². The summed E-state index contributed by atoms with van der Waals surface area (Å²) < 4.78 is 5.26. The molecule has 0 bridgehead atoms. The highest BCUT2D eigenvalue weighted by molar-refractivity contribution is 5.86. The second-order valence-corrected chi connectivity index (χ2v) is 4.64. The van der Waals surface area contributed by atoms with Crippen molar-refractivity contribution in [1.29, 1.82) is 0 Å². The van der Waals surface area contributed by atoms with Crippen molar-refractivity contribution in [3.8, 4) is 0 Å². The molecule has 1 heterocycles. The molecule has 0 amide bonds. The predicted molar refractivity (Wildman–Crippen MR) is 71.3 cm³/mol. The van der Waals surface area contributed by atoms with E-state index >= 15 is 0 Å². The molecule has 0 spiro atoms. The minimum Gasteiger partial charge on any atom is -0.380 e. The van der Waals surface area contributed by atoms with E-state index in [-0.39, 0.29) is 0 Å². The molecule has 0 aliphatic heterocycles. The van der Waals surface area contributed by atoms with E-state index in [0.717, 1.165) is 13.0 Å². The zero-order valence-corrected chi connectivity index (χ0v) is 10.8. The van der Waals surface area contributed by atoms with Gasteiger partial charge in [0.1, 0.15) is 0 Å². The number of ether oxygens (including phenoxy) is 1. The van der Waals surface area contributed by atoms with Crippen molar-refractivity contribution in [3.63, 3.8) is 0 Å². The van der Waals surface area contributed by atoms with Gasteiger partial charge in [-0.2, -0.15) is 0 Å². The van der Waals surface area contributed by atoms with Crippen LogP contribution in [0.4, 0.5) is 0 Å². The topological polar surface area (TPSA) is 28.3 Å². The summed E-state index contributed by atoms with van der Waals surface area (Å²) in [5, 5.41) is 1.33. The van der Waals surface area contributed by atoms with E-state index < -0.39 is 0 Å². The summed E-state index contributed by atoms with van der Waals surface area (Å²) in [6.45, 7) is 1.73. The fourth-order valence-corrected chi connectivity index (χ4v) is 2.15. The third kappa shape index (κ3) is 2.68. The first-order valence-corrected chi connectivity index (χ1v) is 5.94. The SMILES string of the molecule is COCc1cccc2[nH]cc(CCN(C)C)c12. The van der Waals surface area contributed by atoms with Crippen LogP contribution in [0.25, 0.3) is 10.9 Å². The smallest absolute Gasteiger partial charge is 0.0719 e. The largest absolute Gasteiger partial charge is 0.380 e. The van der Waals surface area contributed by atoms with Crippen molar-refractivity contribution in [2.75, 3.05) is 27.7 Å². The molecule has 0 radical (unpaired) electrons. The minimum absolute atomic E-state index is 0.671. The van der Waals surface area contributed by atoms with Crippen LogP contribution in [0.5, 0.6) is 0 Å². The van der Waals surface area contributed by atoms with Gasteiger partial charge in [-0.15, -0.1) is 0 Å². The van der Waals surface area contributed by atoms with Gasteiger partial charge in [-0.05, 0) is 37.7 Å². The van der Waals surface area contributed by atoms with Gasteiger partial charge >= 0.3 is 0 Å². The number of nitrogens with zero attached hydrogens (tertiary/aromatic N) is 1. The molecule has 0 fully saturated rings. The van der Waals surface area contributed by atoms with Crippen molar-refractivity contribution in [3.05, 3.63) is 35.5 Å². The maximum atomic E-state index is 5.26. The van der Waals surface area contributed by atoms with Crippen LogP contribution in [0.2, 0.25) is 0 Å². The number of hydrogen-bond acceptors (Lipinski definition) is 2. The highest BCUT2D eigenvalue weighted by Gasteiger charge is 2.08. The van der Waals surface area contributed by atoms with Crippen molar-refractivity contribution < 1.29 is 4.74 Å². The van der Waals surface area contributed by atoms with Crippen LogP contribution in [-0.2, 0) is 17.8 Å². The van der Waals surface area contributed by atoms with E-state index in [2.05, 4.69) is 48.4 Å². The molecule has 17 heavy (non-hydrogen) atoms. The van der Waals surface area contributed by atoms with Gasteiger partial charge in [0.15, 0.2) is 0 Å². The average molecular weight is 232 g/mol. The van der Waals surface area contributed by atoms with Crippen LogP contribution in [0.1, 0.15) is 11.1 Å². The van der Waals surface area contributed by atoms with Crippen LogP contribution in [-0.4, -0.2) is 37.6 Å². The van der Waals surface area contributed by atoms with Gasteiger partial charge in [0, 0.05) is 30.8 Å². The molecule has 0 aliphatic carbocycles. The number of fused-ring (bicyclic) bond motifs is 1. The van der Waals surface area contributed by atoms with E-state index in [9.17, 15) is 0 Å². The second kappa shape index (κ2) is 5.34. The lowest BCUT2D eigenvalue weighted by atomic mass is 10.0. The first kappa shape index (κ1) is 12.1. The Balaban J connectivity index is 2.35. The highest BCUT2D eigenvalue weighted by atomic mass is 16.5. The molecule has 0 aliphatic rings. The van der Waals surface area contributed by atoms with Crippen LogP contribution in [0.3, 0.4) is 0 Å². The number of likely N-dealkylation sites (N-methyl/N-ethyl adjacent to an activating group) is 1. The number of hydrogen-bond donors (Lipinski definition) is 1. The lowest BCUT2D eigenvalue weighted by molar-refractivity contribution is 0.186. The Kier molecular flexibility index (Phi) is 3.82. The Bertz CT molecular complexity index is 488. The van der Waals surface area contributed by atoms with Gasteiger partial charge in [0.25, 0.3) is 0 Å². The number of benzene rings is 1. The maximum Gasteiger partial charge on any atom is 0.0719 e. The number of H-pyrrole nitrogens is 1. The highest BCUT2D eigenvalue weighted by Crippen LogP contribution is 2.23. The van der Waals surface area contributed by atoms with Crippen LogP contribution < -0.4 is 0 Å². The number of aromatic nitrogens is 1. The van der Waals surface area contributed by atoms with Crippen LogP contribution in [0, 0.1) is 0 Å². The summed E-state index contributed by atoms with van der Waals surface area (Å²) in [6.07, 6.45) is 3.18. The number of aromatic amines is 1. The lowest BCUT2D eigenvalue weighted by Crippen LogP contribution is -2.14. The van der Waals surface area contributed by atoms with E-state index in [1.165, 1.54) is 22.0 Å². The van der Waals surface area contributed by atoms with E-state index in [1.807, 2.05) is 0 Å². The molecule has 0 atom stereocenters. The van der Waals surface area contributed by atoms with Crippen molar-refractivity contribution >= 4 is 10.9 Å². The normalized spacial score (nSPS) is 11.5. The minimum atomic E-state index is 0.671. The Morgan fingerprint density at radius 1 is 1.24 bits per heavy atom. The Morgan fingerprint density at radius 3 is 2.76 bits per heavy atom. The molecule has 2 aromatic rings. The molecular weight excluding hydrogens is 212 g/mol. The summed E-state index contributed by atoms with van der Waals surface area (Å²) >= 11 is 0. The van der Waals surface area contributed by atoms with Gasteiger partial charge < -0.3 is 14.6 Å². The van der Waals surface area contributed by atoms with Gasteiger partial charge in [-0.3, -0.25) is 0 Å². The summed E-state index contributed by atoms with van der Waals surface area (Å²) in [5.41, 5.74) is 3.84. The molecule has 1 aromatic carbocycles. The van der Waals surface area contributed by atoms with Crippen LogP contribution in [0.15, 0.2) is 24.4 Å².